The average molecular weight is 218 g/mol. The van der Waals surface area contributed by atoms with Crippen LogP contribution in [0.5, 0.6) is 0 Å². The van der Waals surface area contributed by atoms with Crippen molar-refractivity contribution in [3.63, 3.8) is 0 Å². The predicted octanol–water partition coefficient (Wildman–Crippen LogP) is 2.48. The second-order valence-electron chi connectivity index (χ2n) is 4.92. The van der Waals surface area contributed by atoms with E-state index in [2.05, 4.69) is 43.1 Å². The van der Waals surface area contributed by atoms with Gasteiger partial charge < -0.3 is 5.73 Å². The molecule has 1 aliphatic rings. The van der Waals surface area contributed by atoms with Crippen LogP contribution in [0, 0.1) is 6.92 Å². The van der Waals surface area contributed by atoms with Crippen LogP contribution in [-0.4, -0.2) is 24.5 Å². The first-order valence-electron chi connectivity index (χ1n) is 6.21. The molecule has 1 atom stereocenters. The SMILES string of the molecule is Cc1cccc(C(CN)N(C)C2CCC2)c1. The van der Waals surface area contributed by atoms with Crippen LogP contribution in [0.15, 0.2) is 24.3 Å². The molecule has 88 valence electrons. The maximum atomic E-state index is 5.93. The van der Waals surface area contributed by atoms with Crippen LogP contribution in [0.4, 0.5) is 0 Å². The van der Waals surface area contributed by atoms with Crippen LogP contribution in [0.1, 0.15) is 36.4 Å². The molecule has 0 aromatic heterocycles. The maximum Gasteiger partial charge on any atom is 0.0470 e. The molecule has 2 N–H and O–H groups in total. The highest BCUT2D eigenvalue weighted by atomic mass is 15.2. The van der Waals surface area contributed by atoms with Gasteiger partial charge in [-0.1, -0.05) is 36.2 Å². The van der Waals surface area contributed by atoms with Crippen LogP contribution < -0.4 is 5.73 Å². The molecule has 1 aromatic carbocycles. The van der Waals surface area contributed by atoms with Gasteiger partial charge in [-0.3, -0.25) is 4.90 Å². The minimum Gasteiger partial charge on any atom is -0.329 e. The van der Waals surface area contributed by atoms with Gasteiger partial charge in [-0.2, -0.15) is 0 Å². The fraction of sp³-hybridized carbons (Fsp3) is 0.571. The highest BCUT2D eigenvalue weighted by Gasteiger charge is 2.27. The summed E-state index contributed by atoms with van der Waals surface area (Å²) in [5.74, 6) is 0. The monoisotopic (exact) mass is 218 g/mol. The Hall–Kier alpha value is -0.860. The fourth-order valence-electron chi connectivity index (χ4n) is 2.46. The minimum atomic E-state index is 0.380. The van der Waals surface area contributed by atoms with E-state index in [1.54, 1.807) is 0 Å². The van der Waals surface area contributed by atoms with Crippen molar-refractivity contribution in [1.82, 2.24) is 4.90 Å². The molecule has 1 aliphatic carbocycles. The fourth-order valence-corrected chi connectivity index (χ4v) is 2.46. The molecule has 2 nitrogen and oxygen atoms in total. The molecule has 0 saturated heterocycles. The Bertz CT molecular complexity index is 344. The van der Waals surface area contributed by atoms with Gasteiger partial charge in [-0.15, -0.1) is 0 Å². The third kappa shape index (κ3) is 2.28. The molecule has 1 aromatic rings. The number of benzene rings is 1. The smallest absolute Gasteiger partial charge is 0.0470 e. The molecule has 2 heteroatoms. The summed E-state index contributed by atoms with van der Waals surface area (Å²) in [7, 11) is 2.21. The van der Waals surface area contributed by atoms with Gasteiger partial charge >= 0.3 is 0 Å². The van der Waals surface area contributed by atoms with Gasteiger partial charge in [0.15, 0.2) is 0 Å². The summed E-state index contributed by atoms with van der Waals surface area (Å²) in [4.78, 5) is 2.46. The molecule has 1 saturated carbocycles. The highest BCUT2D eigenvalue weighted by Crippen LogP contribution is 2.30. The van der Waals surface area contributed by atoms with Crippen molar-refractivity contribution < 1.29 is 0 Å². The van der Waals surface area contributed by atoms with Crippen LogP contribution in [-0.2, 0) is 0 Å². The maximum absolute atomic E-state index is 5.93. The number of nitrogens with zero attached hydrogens (tertiary/aromatic N) is 1. The third-order valence-corrected chi connectivity index (χ3v) is 3.79. The van der Waals surface area contributed by atoms with E-state index in [-0.39, 0.29) is 0 Å². The molecule has 16 heavy (non-hydrogen) atoms. The van der Waals surface area contributed by atoms with Crippen molar-refractivity contribution in [3.8, 4) is 0 Å². The first-order valence-corrected chi connectivity index (χ1v) is 6.21. The average Bonchev–Trinajstić information content (AvgIpc) is 2.16. The summed E-state index contributed by atoms with van der Waals surface area (Å²) in [6.07, 6.45) is 4.04. The van der Waals surface area contributed by atoms with E-state index in [9.17, 15) is 0 Å². The van der Waals surface area contributed by atoms with Crippen molar-refractivity contribution in [2.75, 3.05) is 13.6 Å². The van der Waals surface area contributed by atoms with Gasteiger partial charge in [0.1, 0.15) is 0 Å². The molecular weight excluding hydrogens is 196 g/mol. The zero-order chi connectivity index (χ0) is 11.5. The molecular formula is C14H22N2. The molecule has 0 bridgehead atoms. The molecule has 2 rings (SSSR count). The molecule has 1 unspecified atom stereocenters. The van der Waals surface area contributed by atoms with Crippen molar-refractivity contribution in [1.29, 1.82) is 0 Å². The van der Waals surface area contributed by atoms with Crippen LogP contribution >= 0.6 is 0 Å². The lowest BCUT2D eigenvalue weighted by Crippen LogP contribution is -2.42. The van der Waals surface area contributed by atoms with E-state index in [0.29, 0.717) is 12.6 Å². The molecule has 0 spiro atoms. The molecule has 0 amide bonds. The lowest BCUT2D eigenvalue weighted by Gasteiger charge is -2.40. The zero-order valence-electron chi connectivity index (χ0n) is 10.3. The summed E-state index contributed by atoms with van der Waals surface area (Å²) < 4.78 is 0. The van der Waals surface area contributed by atoms with E-state index in [1.807, 2.05) is 0 Å². The summed E-state index contributed by atoms with van der Waals surface area (Å²) in [5.41, 5.74) is 8.61. The molecule has 0 heterocycles. The Morgan fingerprint density at radius 2 is 2.19 bits per heavy atom. The number of nitrogens with two attached hydrogens (primary N) is 1. The van der Waals surface area contributed by atoms with Gasteiger partial charge in [-0.05, 0) is 32.4 Å². The van der Waals surface area contributed by atoms with Gasteiger partial charge in [-0.25, -0.2) is 0 Å². The van der Waals surface area contributed by atoms with Crippen molar-refractivity contribution in [3.05, 3.63) is 35.4 Å². The topological polar surface area (TPSA) is 29.3 Å². The van der Waals surface area contributed by atoms with Crippen molar-refractivity contribution in [2.45, 2.75) is 38.3 Å². The number of hydrogen-bond acceptors (Lipinski definition) is 2. The minimum absolute atomic E-state index is 0.380. The Morgan fingerprint density at radius 3 is 2.69 bits per heavy atom. The lowest BCUT2D eigenvalue weighted by molar-refractivity contribution is 0.113. The van der Waals surface area contributed by atoms with Gasteiger partial charge in [0.05, 0.1) is 0 Å². The molecule has 0 aliphatic heterocycles. The van der Waals surface area contributed by atoms with Gasteiger partial charge in [0, 0.05) is 18.6 Å². The normalized spacial score (nSPS) is 18.5. The van der Waals surface area contributed by atoms with Crippen molar-refractivity contribution >= 4 is 0 Å². The Labute approximate surface area is 98.4 Å². The standard InChI is InChI=1S/C14H22N2/c1-11-5-3-6-12(9-11)14(10-15)16(2)13-7-4-8-13/h3,5-6,9,13-14H,4,7-8,10,15H2,1-2H3. The second-order valence-corrected chi connectivity index (χ2v) is 4.92. The van der Waals surface area contributed by atoms with E-state index >= 15 is 0 Å². The molecule has 0 radical (unpaired) electrons. The quantitative estimate of drug-likeness (QED) is 0.841. The van der Waals surface area contributed by atoms with E-state index < -0.39 is 0 Å². The predicted molar refractivity (Wildman–Crippen MR) is 68.4 cm³/mol. The van der Waals surface area contributed by atoms with E-state index in [0.717, 1.165) is 6.04 Å². The summed E-state index contributed by atoms with van der Waals surface area (Å²) in [5, 5.41) is 0. The first kappa shape index (κ1) is 11.6. The summed E-state index contributed by atoms with van der Waals surface area (Å²) >= 11 is 0. The van der Waals surface area contributed by atoms with Crippen molar-refractivity contribution in [2.24, 2.45) is 5.73 Å². The van der Waals surface area contributed by atoms with Crippen LogP contribution in [0.25, 0.3) is 0 Å². The Morgan fingerprint density at radius 1 is 1.44 bits per heavy atom. The van der Waals surface area contributed by atoms with Crippen LogP contribution in [0.2, 0.25) is 0 Å². The van der Waals surface area contributed by atoms with Crippen LogP contribution in [0.3, 0.4) is 0 Å². The second kappa shape index (κ2) is 4.98. The zero-order valence-corrected chi connectivity index (χ0v) is 10.3. The Balaban J connectivity index is 2.14. The number of hydrogen-bond donors (Lipinski definition) is 1. The number of rotatable bonds is 4. The van der Waals surface area contributed by atoms with E-state index in [4.69, 9.17) is 5.73 Å². The largest absolute Gasteiger partial charge is 0.329 e. The molecule has 1 fully saturated rings. The Kier molecular flexibility index (Phi) is 3.62. The number of likely N-dealkylation sites (N-methyl/N-ethyl adjacent to an activating group) is 1. The highest BCUT2D eigenvalue weighted by molar-refractivity contribution is 5.25. The third-order valence-electron chi connectivity index (χ3n) is 3.79. The summed E-state index contributed by atoms with van der Waals surface area (Å²) in [6.45, 7) is 2.84. The van der Waals surface area contributed by atoms with E-state index in [1.165, 1.54) is 30.4 Å². The lowest BCUT2D eigenvalue weighted by atomic mass is 9.89. The van der Waals surface area contributed by atoms with Gasteiger partial charge in [0.2, 0.25) is 0 Å². The van der Waals surface area contributed by atoms with Gasteiger partial charge in [0.25, 0.3) is 0 Å². The summed E-state index contributed by atoms with van der Waals surface area (Å²) in [6, 6.07) is 9.84. The number of aryl methyl sites for hydroxylation is 1. The first-order chi connectivity index (χ1) is 7.72.